The maximum Gasteiger partial charge on any atom is 0.410 e. The van der Waals surface area contributed by atoms with Crippen LogP contribution >= 0.6 is 0 Å². The van der Waals surface area contributed by atoms with Gasteiger partial charge < -0.3 is 15.0 Å². The highest BCUT2D eigenvalue weighted by atomic mass is 16.6. The molecule has 1 heterocycles. The lowest BCUT2D eigenvalue weighted by atomic mass is 9.95. The number of carbonyl (C=O) groups is 1. The fourth-order valence-electron chi connectivity index (χ4n) is 4.14. The van der Waals surface area contributed by atoms with Crippen LogP contribution in [0.1, 0.15) is 64.5 Å². The van der Waals surface area contributed by atoms with E-state index in [4.69, 9.17) is 4.74 Å². The second kappa shape index (κ2) is 7.27. The summed E-state index contributed by atoms with van der Waals surface area (Å²) in [5.74, 6) is 0.790. The first kappa shape index (κ1) is 18.1. The second-order valence-electron chi connectivity index (χ2n) is 8.45. The highest BCUT2D eigenvalue weighted by Crippen LogP contribution is 2.33. The number of anilines is 1. The van der Waals surface area contributed by atoms with E-state index in [9.17, 15) is 4.79 Å². The largest absolute Gasteiger partial charge is 0.444 e. The molecule has 1 aliphatic heterocycles. The third-order valence-corrected chi connectivity index (χ3v) is 5.44. The molecule has 1 saturated carbocycles. The Kier molecular flexibility index (Phi) is 5.26. The normalized spacial score (nSPS) is 23.3. The van der Waals surface area contributed by atoms with Crippen molar-refractivity contribution in [2.45, 2.75) is 78.0 Å². The summed E-state index contributed by atoms with van der Waals surface area (Å²) >= 11 is 0. The topological polar surface area (TPSA) is 41.6 Å². The molecule has 25 heavy (non-hydrogen) atoms. The van der Waals surface area contributed by atoms with Gasteiger partial charge in [-0.25, -0.2) is 4.79 Å². The maximum absolute atomic E-state index is 12.4. The predicted molar refractivity (Wildman–Crippen MR) is 102 cm³/mol. The Morgan fingerprint density at radius 3 is 2.84 bits per heavy atom. The van der Waals surface area contributed by atoms with Crippen molar-refractivity contribution in [3.05, 3.63) is 29.3 Å². The van der Waals surface area contributed by atoms with Crippen molar-refractivity contribution in [2.24, 2.45) is 5.92 Å². The number of nitrogens with zero attached hydrogens (tertiary/aromatic N) is 1. The highest BCUT2D eigenvalue weighted by molar-refractivity contribution is 5.69. The molecule has 0 aromatic heterocycles. The molecule has 0 bridgehead atoms. The Morgan fingerprint density at radius 2 is 2.12 bits per heavy atom. The molecule has 0 saturated heterocycles. The average molecular weight is 344 g/mol. The van der Waals surface area contributed by atoms with Crippen LogP contribution in [0.5, 0.6) is 0 Å². The third kappa shape index (κ3) is 4.28. The summed E-state index contributed by atoms with van der Waals surface area (Å²) < 4.78 is 5.53. The van der Waals surface area contributed by atoms with Gasteiger partial charge in [0, 0.05) is 24.8 Å². The van der Waals surface area contributed by atoms with E-state index >= 15 is 0 Å². The molecule has 2 unspecified atom stereocenters. The lowest BCUT2D eigenvalue weighted by Crippen LogP contribution is -2.40. The van der Waals surface area contributed by atoms with Gasteiger partial charge >= 0.3 is 6.09 Å². The van der Waals surface area contributed by atoms with Crippen LogP contribution in [-0.2, 0) is 17.7 Å². The Labute approximate surface area is 151 Å². The van der Waals surface area contributed by atoms with Crippen LogP contribution in [0.25, 0.3) is 0 Å². The highest BCUT2D eigenvalue weighted by Gasteiger charge is 2.29. The Bertz CT molecular complexity index is 621. The summed E-state index contributed by atoms with van der Waals surface area (Å²) in [6.45, 7) is 9.40. The van der Waals surface area contributed by atoms with Gasteiger partial charge in [0.15, 0.2) is 0 Å². The van der Waals surface area contributed by atoms with E-state index in [2.05, 4.69) is 30.4 Å². The van der Waals surface area contributed by atoms with Crippen molar-refractivity contribution in [1.82, 2.24) is 4.90 Å². The van der Waals surface area contributed by atoms with Crippen molar-refractivity contribution in [3.63, 3.8) is 0 Å². The minimum absolute atomic E-state index is 0.210. The summed E-state index contributed by atoms with van der Waals surface area (Å²) in [5.41, 5.74) is 3.45. The SMILES string of the molecule is CCC1CCCC1Nc1cccc2c1CCN(C(=O)OC(C)(C)C)C2. The Hall–Kier alpha value is -1.71. The number of hydrogen-bond donors (Lipinski definition) is 1. The van der Waals surface area contributed by atoms with Gasteiger partial charge in [0.1, 0.15) is 5.60 Å². The lowest BCUT2D eigenvalue weighted by molar-refractivity contribution is 0.0224. The van der Waals surface area contributed by atoms with E-state index in [1.165, 1.54) is 42.5 Å². The molecule has 1 N–H and O–H groups in total. The number of carbonyl (C=O) groups excluding carboxylic acids is 1. The minimum Gasteiger partial charge on any atom is -0.444 e. The Morgan fingerprint density at radius 1 is 1.32 bits per heavy atom. The van der Waals surface area contributed by atoms with Gasteiger partial charge in [-0.1, -0.05) is 31.9 Å². The lowest BCUT2D eigenvalue weighted by Gasteiger charge is -2.33. The molecule has 4 nitrogen and oxygen atoms in total. The molecular weight excluding hydrogens is 312 g/mol. The van der Waals surface area contributed by atoms with Gasteiger partial charge in [-0.2, -0.15) is 0 Å². The quantitative estimate of drug-likeness (QED) is 0.841. The summed E-state index contributed by atoms with van der Waals surface area (Å²) in [5, 5.41) is 3.82. The van der Waals surface area contributed by atoms with Crippen LogP contribution in [0, 0.1) is 5.92 Å². The monoisotopic (exact) mass is 344 g/mol. The zero-order valence-corrected chi connectivity index (χ0v) is 16.1. The molecule has 0 radical (unpaired) electrons. The molecule has 1 aliphatic carbocycles. The predicted octanol–water partition coefficient (Wildman–Crippen LogP) is 4.97. The maximum atomic E-state index is 12.4. The van der Waals surface area contributed by atoms with Crippen LogP contribution in [0.15, 0.2) is 18.2 Å². The molecule has 2 atom stereocenters. The van der Waals surface area contributed by atoms with Gasteiger partial charge in [-0.05, 0) is 63.1 Å². The summed E-state index contributed by atoms with van der Waals surface area (Å²) in [6.07, 6.45) is 5.87. The van der Waals surface area contributed by atoms with Crippen LogP contribution in [0.3, 0.4) is 0 Å². The van der Waals surface area contributed by atoms with Crippen LogP contribution < -0.4 is 5.32 Å². The second-order valence-corrected chi connectivity index (χ2v) is 8.45. The van der Waals surface area contributed by atoms with Gasteiger partial charge in [0.2, 0.25) is 0 Å². The van der Waals surface area contributed by atoms with E-state index in [1.54, 1.807) is 0 Å². The van der Waals surface area contributed by atoms with Gasteiger partial charge in [0.25, 0.3) is 0 Å². The first-order chi connectivity index (χ1) is 11.9. The van der Waals surface area contributed by atoms with Crippen LogP contribution in [0.4, 0.5) is 10.5 Å². The zero-order chi connectivity index (χ0) is 18.0. The molecule has 4 heteroatoms. The molecular formula is C21H32N2O2. The fourth-order valence-corrected chi connectivity index (χ4v) is 4.14. The average Bonchev–Trinajstić information content (AvgIpc) is 3.00. The van der Waals surface area contributed by atoms with Crippen LogP contribution in [0.2, 0.25) is 0 Å². The number of benzene rings is 1. The van der Waals surface area contributed by atoms with Gasteiger partial charge in [0.05, 0.1) is 0 Å². The fraction of sp³-hybridized carbons (Fsp3) is 0.667. The van der Waals surface area contributed by atoms with Crippen molar-refractivity contribution >= 4 is 11.8 Å². The summed E-state index contributed by atoms with van der Waals surface area (Å²) in [4.78, 5) is 14.2. The van der Waals surface area contributed by atoms with E-state index in [0.29, 0.717) is 12.6 Å². The summed E-state index contributed by atoms with van der Waals surface area (Å²) in [6, 6.07) is 7.05. The number of rotatable bonds is 3. The summed E-state index contributed by atoms with van der Waals surface area (Å²) in [7, 11) is 0. The van der Waals surface area contributed by atoms with E-state index in [1.807, 2.05) is 25.7 Å². The molecule has 0 spiro atoms. The van der Waals surface area contributed by atoms with Crippen molar-refractivity contribution in [1.29, 1.82) is 0 Å². The van der Waals surface area contributed by atoms with Crippen LogP contribution in [-0.4, -0.2) is 29.2 Å². The van der Waals surface area contributed by atoms with Crippen molar-refractivity contribution in [2.75, 3.05) is 11.9 Å². The number of ether oxygens (including phenoxy) is 1. The van der Waals surface area contributed by atoms with E-state index < -0.39 is 5.60 Å². The van der Waals surface area contributed by atoms with E-state index in [-0.39, 0.29) is 6.09 Å². The molecule has 2 aliphatic rings. The molecule has 3 rings (SSSR count). The smallest absolute Gasteiger partial charge is 0.410 e. The standard InChI is InChI=1S/C21H32N2O2/c1-5-15-8-6-10-18(15)22-19-11-7-9-16-14-23(13-12-17(16)19)20(24)25-21(2,3)4/h7,9,11,15,18,22H,5-6,8,10,12-14H2,1-4H3. The molecule has 1 amide bonds. The number of amides is 1. The third-order valence-electron chi connectivity index (χ3n) is 5.44. The van der Waals surface area contributed by atoms with E-state index in [0.717, 1.165) is 18.9 Å². The van der Waals surface area contributed by atoms with Crippen molar-refractivity contribution < 1.29 is 9.53 Å². The molecule has 138 valence electrons. The minimum atomic E-state index is -0.446. The number of nitrogens with one attached hydrogen (secondary N) is 1. The molecule has 1 fully saturated rings. The number of hydrogen-bond acceptors (Lipinski definition) is 3. The zero-order valence-electron chi connectivity index (χ0n) is 16.1. The van der Waals surface area contributed by atoms with Gasteiger partial charge in [-0.3, -0.25) is 0 Å². The van der Waals surface area contributed by atoms with Gasteiger partial charge in [-0.15, -0.1) is 0 Å². The first-order valence-electron chi connectivity index (χ1n) is 9.72. The molecule has 1 aromatic rings. The Balaban J connectivity index is 1.71. The first-order valence-corrected chi connectivity index (χ1v) is 9.72. The van der Waals surface area contributed by atoms with Crippen molar-refractivity contribution in [3.8, 4) is 0 Å². The number of fused-ring (bicyclic) bond motifs is 1. The molecule has 1 aromatic carbocycles.